The van der Waals surface area contributed by atoms with Crippen molar-refractivity contribution in [2.24, 2.45) is 4.99 Å². The van der Waals surface area contributed by atoms with Gasteiger partial charge in [-0.2, -0.15) is 0 Å². The topological polar surface area (TPSA) is 68.9 Å². The van der Waals surface area contributed by atoms with E-state index in [1.807, 2.05) is 37.3 Å². The molecule has 0 saturated heterocycles. The molecule has 5 heteroatoms. The Morgan fingerprint density at radius 2 is 1.76 bits per heavy atom. The van der Waals surface area contributed by atoms with Gasteiger partial charge in [0.05, 0.1) is 5.69 Å². The number of esters is 1. The quantitative estimate of drug-likeness (QED) is 0.213. The fraction of sp³-hybridized carbons (Fsp3) is 0.0417. The Bertz CT molecular complexity index is 1290. The van der Waals surface area contributed by atoms with E-state index in [-0.39, 0.29) is 5.56 Å². The van der Waals surface area contributed by atoms with Crippen molar-refractivity contribution in [3.63, 3.8) is 0 Å². The van der Waals surface area contributed by atoms with E-state index in [4.69, 9.17) is 9.15 Å². The minimum atomic E-state index is -0.777. The number of nitrogens with zero attached hydrogens (tertiary/aromatic N) is 1. The molecule has 0 unspecified atom stereocenters. The molecule has 0 bridgehead atoms. The molecule has 0 spiro atoms. The van der Waals surface area contributed by atoms with Gasteiger partial charge in [0.15, 0.2) is 0 Å². The molecule has 0 amide bonds. The van der Waals surface area contributed by atoms with Crippen molar-refractivity contribution in [2.45, 2.75) is 6.92 Å². The molecule has 0 atom stereocenters. The number of fused-ring (bicyclic) bond motifs is 1. The molecule has 0 aliphatic heterocycles. The number of hydrogen-bond donors (Lipinski definition) is 0. The number of benzene rings is 3. The molecule has 29 heavy (non-hydrogen) atoms. The minimum absolute atomic E-state index is 0.158. The van der Waals surface area contributed by atoms with Gasteiger partial charge in [-0.25, -0.2) is 9.59 Å². The maximum atomic E-state index is 12.6. The number of carbonyl (C=O) groups excluding carboxylic acids is 1. The van der Waals surface area contributed by atoms with Gasteiger partial charge in [0, 0.05) is 17.2 Å². The zero-order valence-electron chi connectivity index (χ0n) is 15.7. The lowest BCUT2D eigenvalue weighted by molar-refractivity contribution is 0.0730. The van der Waals surface area contributed by atoms with E-state index < -0.39 is 11.6 Å². The molecule has 4 rings (SSSR count). The third-order valence-corrected chi connectivity index (χ3v) is 4.34. The van der Waals surface area contributed by atoms with Crippen molar-refractivity contribution in [1.82, 2.24) is 0 Å². The van der Waals surface area contributed by atoms with E-state index >= 15 is 0 Å². The van der Waals surface area contributed by atoms with Crippen LogP contribution >= 0.6 is 0 Å². The zero-order chi connectivity index (χ0) is 20.2. The summed E-state index contributed by atoms with van der Waals surface area (Å²) in [6, 6.07) is 23.2. The highest BCUT2D eigenvalue weighted by molar-refractivity contribution is 5.95. The Kier molecular flexibility index (Phi) is 5.03. The summed E-state index contributed by atoms with van der Waals surface area (Å²) in [4.78, 5) is 29.3. The van der Waals surface area contributed by atoms with Crippen molar-refractivity contribution in [1.29, 1.82) is 0 Å². The lowest BCUT2D eigenvalue weighted by atomic mass is 10.2. The molecule has 0 N–H and O–H groups in total. The Balaban J connectivity index is 1.63. The summed E-state index contributed by atoms with van der Waals surface area (Å²) in [5, 5.41) is 0.647. The summed E-state index contributed by atoms with van der Waals surface area (Å²) in [6.45, 7) is 1.99. The van der Waals surface area contributed by atoms with Crippen LogP contribution in [0.3, 0.4) is 0 Å². The van der Waals surface area contributed by atoms with Crippen LogP contribution in [0, 0.1) is 6.92 Å². The molecule has 3 aromatic carbocycles. The molecule has 0 radical (unpaired) electrons. The number of hydrogen-bond acceptors (Lipinski definition) is 5. The highest BCUT2D eigenvalue weighted by Gasteiger charge is 2.17. The maximum absolute atomic E-state index is 12.6. The van der Waals surface area contributed by atoms with Crippen LogP contribution in [0.25, 0.3) is 11.0 Å². The smallest absolute Gasteiger partial charge is 0.351 e. The summed E-state index contributed by atoms with van der Waals surface area (Å²) < 4.78 is 10.7. The van der Waals surface area contributed by atoms with E-state index in [9.17, 15) is 9.59 Å². The number of ether oxygens (including phenoxy) is 1. The second-order valence-corrected chi connectivity index (χ2v) is 6.51. The Hall–Kier alpha value is -3.99. The molecular weight excluding hydrogens is 366 g/mol. The summed E-state index contributed by atoms with van der Waals surface area (Å²) in [7, 11) is 0. The molecule has 0 aliphatic carbocycles. The van der Waals surface area contributed by atoms with Gasteiger partial charge < -0.3 is 9.15 Å². The molecule has 0 fully saturated rings. The van der Waals surface area contributed by atoms with Gasteiger partial charge in [0.2, 0.25) is 0 Å². The minimum Gasteiger partial charge on any atom is -0.422 e. The number of aliphatic imine (C=N–C) groups is 1. The monoisotopic (exact) mass is 383 g/mol. The first kappa shape index (κ1) is 18.4. The van der Waals surface area contributed by atoms with Crippen LogP contribution in [0.4, 0.5) is 5.69 Å². The number of rotatable bonds is 4. The van der Waals surface area contributed by atoms with Gasteiger partial charge in [-0.15, -0.1) is 0 Å². The Morgan fingerprint density at radius 1 is 0.966 bits per heavy atom. The molecule has 142 valence electrons. The maximum Gasteiger partial charge on any atom is 0.351 e. The van der Waals surface area contributed by atoms with Crippen LogP contribution in [0.2, 0.25) is 0 Å². The second-order valence-electron chi connectivity index (χ2n) is 6.51. The largest absolute Gasteiger partial charge is 0.422 e. The lowest BCUT2D eigenvalue weighted by Gasteiger charge is -2.07. The van der Waals surface area contributed by atoms with Gasteiger partial charge in [0.25, 0.3) is 0 Å². The van der Waals surface area contributed by atoms with Gasteiger partial charge in [-0.3, -0.25) is 4.99 Å². The molecular formula is C24H17NO4. The van der Waals surface area contributed by atoms with Crippen LogP contribution in [0.5, 0.6) is 5.75 Å². The first-order valence-electron chi connectivity index (χ1n) is 9.05. The average molecular weight is 383 g/mol. The van der Waals surface area contributed by atoms with Gasteiger partial charge >= 0.3 is 11.6 Å². The van der Waals surface area contributed by atoms with Gasteiger partial charge in [0.1, 0.15) is 16.9 Å². The molecule has 0 saturated carbocycles. The van der Waals surface area contributed by atoms with Crippen molar-refractivity contribution < 1.29 is 13.9 Å². The van der Waals surface area contributed by atoms with Gasteiger partial charge in [-0.1, -0.05) is 42.5 Å². The van der Waals surface area contributed by atoms with Crippen molar-refractivity contribution in [2.75, 3.05) is 0 Å². The van der Waals surface area contributed by atoms with E-state index in [0.717, 1.165) is 11.3 Å². The normalized spacial score (nSPS) is 11.1. The molecule has 1 heterocycles. The van der Waals surface area contributed by atoms with Crippen molar-refractivity contribution in [3.8, 4) is 5.75 Å². The second kappa shape index (κ2) is 7.94. The molecule has 1 aromatic heterocycles. The summed E-state index contributed by atoms with van der Waals surface area (Å²) in [6.07, 6.45) is 1.63. The summed E-state index contributed by atoms with van der Waals surface area (Å²) >= 11 is 0. The fourth-order valence-corrected chi connectivity index (χ4v) is 2.89. The molecule has 0 aliphatic rings. The number of para-hydroxylation sites is 2. The van der Waals surface area contributed by atoms with E-state index in [0.29, 0.717) is 22.3 Å². The highest BCUT2D eigenvalue weighted by atomic mass is 16.5. The lowest BCUT2D eigenvalue weighted by Crippen LogP contribution is -2.19. The average Bonchev–Trinajstić information content (AvgIpc) is 2.72. The van der Waals surface area contributed by atoms with Crippen LogP contribution in [0.15, 0.2) is 93.1 Å². The van der Waals surface area contributed by atoms with Crippen molar-refractivity contribution >= 4 is 28.8 Å². The van der Waals surface area contributed by atoms with Crippen LogP contribution < -0.4 is 10.4 Å². The first-order valence-corrected chi connectivity index (χ1v) is 9.05. The SMILES string of the molecule is Cc1cccc(N=Cc2ccccc2OC(=O)c2cc3ccccc3oc2=O)c1. The first-order chi connectivity index (χ1) is 14.1. The highest BCUT2D eigenvalue weighted by Crippen LogP contribution is 2.20. The zero-order valence-corrected chi connectivity index (χ0v) is 15.7. The predicted molar refractivity (Wildman–Crippen MR) is 112 cm³/mol. The Labute approximate surface area is 166 Å². The van der Waals surface area contributed by atoms with Crippen LogP contribution in [0.1, 0.15) is 21.5 Å². The van der Waals surface area contributed by atoms with E-state index in [1.165, 1.54) is 6.07 Å². The van der Waals surface area contributed by atoms with Gasteiger partial charge in [-0.05, 0) is 48.9 Å². The van der Waals surface area contributed by atoms with E-state index in [2.05, 4.69) is 4.99 Å². The summed E-state index contributed by atoms with van der Waals surface area (Å²) in [5.74, 6) is -0.470. The van der Waals surface area contributed by atoms with Crippen LogP contribution in [-0.2, 0) is 0 Å². The Morgan fingerprint density at radius 3 is 2.62 bits per heavy atom. The third kappa shape index (κ3) is 4.14. The predicted octanol–water partition coefficient (Wildman–Crippen LogP) is 5.07. The summed E-state index contributed by atoms with van der Waals surface area (Å²) in [5.41, 5.74) is 2.03. The fourth-order valence-electron chi connectivity index (χ4n) is 2.89. The number of carbonyl (C=O) groups is 1. The third-order valence-electron chi connectivity index (χ3n) is 4.34. The molecule has 4 aromatic rings. The van der Waals surface area contributed by atoms with Crippen LogP contribution in [-0.4, -0.2) is 12.2 Å². The molecule has 5 nitrogen and oxygen atoms in total. The van der Waals surface area contributed by atoms with Crippen molar-refractivity contribution in [3.05, 3.63) is 106 Å². The van der Waals surface area contributed by atoms with E-state index in [1.54, 1.807) is 48.7 Å². The number of aryl methyl sites for hydroxylation is 1. The standard InChI is InChI=1S/C24H17NO4/c1-16-7-6-10-19(13-16)25-15-18-9-3-5-12-22(18)29-24(27)20-14-17-8-2-4-11-21(17)28-23(20)26/h2-15H,1H3.